The molecule has 0 aromatic heterocycles. The molecule has 3 nitrogen and oxygen atoms in total. The van der Waals surface area contributed by atoms with E-state index in [1.54, 1.807) is 0 Å². The molecular formula is C10H17NO2S. The van der Waals surface area contributed by atoms with Crippen molar-refractivity contribution in [3.05, 3.63) is 0 Å². The van der Waals surface area contributed by atoms with Crippen LogP contribution in [0.3, 0.4) is 0 Å². The summed E-state index contributed by atoms with van der Waals surface area (Å²) in [6, 6.07) is 0. The fourth-order valence-corrected chi connectivity index (χ4v) is 3.62. The fraction of sp³-hybridized carbons (Fsp3) is 0.900. The van der Waals surface area contributed by atoms with Gasteiger partial charge in [0, 0.05) is 5.54 Å². The van der Waals surface area contributed by atoms with Gasteiger partial charge in [0.2, 0.25) is 0 Å². The Labute approximate surface area is 88.8 Å². The highest BCUT2D eigenvalue weighted by Crippen LogP contribution is 2.45. The Kier molecular flexibility index (Phi) is 3.02. The van der Waals surface area contributed by atoms with Crippen LogP contribution in [0.2, 0.25) is 0 Å². The molecular weight excluding hydrogens is 198 g/mol. The number of rotatable bonds is 4. The van der Waals surface area contributed by atoms with Crippen LogP contribution in [0.1, 0.15) is 38.5 Å². The molecule has 2 aliphatic rings. The Morgan fingerprint density at radius 2 is 2.36 bits per heavy atom. The van der Waals surface area contributed by atoms with Gasteiger partial charge in [0.05, 0.1) is 0 Å². The van der Waals surface area contributed by atoms with Gasteiger partial charge in [-0.25, -0.2) is 0 Å². The van der Waals surface area contributed by atoms with Crippen LogP contribution in [0.25, 0.3) is 0 Å². The summed E-state index contributed by atoms with van der Waals surface area (Å²) in [6.45, 7) is 0. The van der Waals surface area contributed by atoms with Crippen molar-refractivity contribution in [2.24, 2.45) is 5.92 Å². The first-order chi connectivity index (χ1) is 6.70. The number of hydrogen-bond donors (Lipinski definition) is 2. The van der Waals surface area contributed by atoms with Crippen LogP contribution in [0.15, 0.2) is 0 Å². The SMILES string of the molecule is O=C(O)CSNC12CCCC(CC1)C2. The summed E-state index contributed by atoms with van der Waals surface area (Å²) in [5, 5.41) is 8.55. The van der Waals surface area contributed by atoms with E-state index in [0.717, 1.165) is 5.92 Å². The first-order valence-corrected chi connectivity index (χ1v) is 6.30. The molecule has 2 atom stereocenters. The fourth-order valence-electron chi connectivity index (χ4n) is 2.83. The summed E-state index contributed by atoms with van der Waals surface area (Å²) in [5.74, 6) is 0.345. The van der Waals surface area contributed by atoms with E-state index < -0.39 is 5.97 Å². The van der Waals surface area contributed by atoms with Crippen molar-refractivity contribution in [3.63, 3.8) is 0 Å². The largest absolute Gasteiger partial charge is 0.481 e. The maximum absolute atomic E-state index is 10.4. The van der Waals surface area contributed by atoms with Gasteiger partial charge < -0.3 is 5.11 Å². The summed E-state index contributed by atoms with van der Waals surface area (Å²) in [7, 11) is 0. The maximum atomic E-state index is 10.4. The first kappa shape index (κ1) is 10.3. The second-order valence-electron chi connectivity index (χ2n) is 4.57. The molecule has 2 aliphatic carbocycles. The van der Waals surface area contributed by atoms with Gasteiger partial charge in [-0.05, 0) is 31.6 Å². The summed E-state index contributed by atoms with van der Waals surface area (Å²) in [5.41, 5.74) is 0.281. The van der Waals surface area contributed by atoms with Gasteiger partial charge in [0.1, 0.15) is 5.75 Å². The summed E-state index contributed by atoms with van der Waals surface area (Å²) < 4.78 is 3.39. The number of carboxylic acid groups (broad SMARTS) is 1. The van der Waals surface area contributed by atoms with E-state index in [-0.39, 0.29) is 11.3 Å². The number of hydrogen-bond acceptors (Lipinski definition) is 3. The Hall–Kier alpha value is -0.220. The van der Waals surface area contributed by atoms with E-state index in [2.05, 4.69) is 4.72 Å². The third-order valence-corrected chi connectivity index (χ3v) is 4.43. The van der Waals surface area contributed by atoms with E-state index in [0.29, 0.717) is 0 Å². The van der Waals surface area contributed by atoms with Crippen molar-refractivity contribution in [1.29, 1.82) is 0 Å². The minimum atomic E-state index is -0.732. The Bertz CT molecular complexity index is 230. The standard InChI is InChI=1S/C10H17NO2S/c12-9(13)7-14-11-10-4-1-2-8(6-10)3-5-10/h8,11H,1-7H2,(H,12,13). The van der Waals surface area contributed by atoms with Gasteiger partial charge in [0.15, 0.2) is 0 Å². The van der Waals surface area contributed by atoms with E-state index in [9.17, 15) is 4.79 Å². The van der Waals surface area contributed by atoms with Gasteiger partial charge in [-0.1, -0.05) is 24.8 Å². The zero-order chi connectivity index (χ0) is 10.0. The minimum absolute atomic E-state index is 0.173. The number of carboxylic acids is 1. The molecule has 0 saturated heterocycles. The van der Waals surface area contributed by atoms with Gasteiger partial charge in [0.25, 0.3) is 0 Å². The lowest BCUT2D eigenvalue weighted by Crippen LogP contribution is -2.40. The molecule has 0 aliphatic heterocycles. The quantitative estimate of drug-likeness (QED) is 0.705. The molecule has 14 heavy (non-hydrogen) atoms. The maximum Gasteiger partial charge on any atom is 0.314 e. The first-order valence-electron chi connectivity index (χ1n) is 5.31. The van der Waals surface area contributed by atoms with Crippen LogP contribution >= 0.6 is 11.9 Å². The second kappa shape index (κ2) is 4.11. The Morgan fingerprint density at radius 1 is 1.50 bits per heavy atom. The number of fused-ring (bicyclic) bond motifs is 2. The summed E-state index contributed by atoms with van der Waals surface area (Å²) in [4.78, 5) is 10.4. The van der Waals surface area contributed by atoms with Crippen LogP contribution in [0.5, 0.6) is 0 Å². The Morgan fingerprint density at radius 3 is 3.14 bits per heavy atom. The van der Waals surface area contributed by atoms with E-state index >= 15 is 0 Å². The van der Waals surface area contributed by atoms with Crippen molar-refractivity contribution >= 4 is 17.9 Å². The van der Waals surface area contributed by atoms with Crippen LogP contribution in [0.4, 0.5) is 0 Å². The lowest BCUT2D eigenvalue weighted by atomic mass is 9.84. The average molecular weight is 215 g/mol. The lowest BCUT2D eigenvalue weighted by Gasteiger charge is -2.33. The number of carbonyl (C=O) groups is 1. The molecule has 2 N–H and O–H groups in total. The predicted octanol–water partition coefficient (Wildman–Crippen LogP) is 2.03. The van der Waals surface area contributed by atoms with Crippen LogP contribution in [-0.2, 0) is 4.79 Å². The highest BCUT2D eigenvalue weighted by Gasteiger charge is 2.41. The van der Waals surface area contributed by atoms with Crippen molar-refractivity contribution in [2.75, 3.05) is 5.75 Å². The molecule has 2 rings (SSSR count). The van der Waals surface area contributed by atoms with Gasteiger partial charge in [-0.3, -0.25) is 9.52 Å². The molecule has 0 aromatic carbocycles. The second-order valence-corrected chi connectivity index (χ2v) is 5.35. The smallest absolute Gasteiger partial charge is 0.314 e. The molecule has 80 valence electrons. The van der Waals surface area contributed by atoms with Gasteiger partial charge in [-0.15, -0.1) is 0 Å². The minimum Gasteiger partial charge on any atom is -0.481 e. The van der Waals surface area contributed by atoms with E-state index in [4.69, 9.17) is 5.11 Å². The molecule has 2 bridgehead atoms. The number of aliphatic carboxylic acids is 1. The highest BCUT2D eigenvalue weighted by atomic mass is 32.2. The van der Waals surface area contributed by atoms with Crippen LogP contribution < -0.4 is 4.72 Å². The number of nitrogens with one attached hydrogen (secondary N) is 1. The monoisotopic (exact) mass is 215 g/mol. The summed E-state index contributed by atoms with van der Waals surface area (Å²) in [6.07, 6.45) is 7.76. The van der Waals surface area contributed by atoms with E-state index in [1.807, 2.05) is 0 Å². The molecule has 0 spiro atoms. The molecule has 2 unspecified atom stereocenters. The molecule has 0 aromatic rings. The van der Waals surface area contributed by atoms with E-state index in [1.165, 1.54) is 50.5 Å². The molecule has 0 radical (unpaired) electrons. The summed E-state index contributed by atoms with van der Waals surface area (Å²) >= 11 is 1.37. The Balaban J connectivity index is 1.81. The van der Waals surface area contributed by atoms with Gasteiger partial charge in [-0.2, -0.15) is 0 Å². The topological polar surface area (TPSA) is 49.3 Å². The van der Waals surface area contributed by atoms with Gasteiger partial charge >= 0.3 is 5.97 Å². The van der Waals surface area contributed by atoms with Crippen molar-refractivity contribution in [3.8, 4) is 0 Å². The highest BCUT2D eigenvalue weighted by molar-refractivity contribution is 7.98. The third kappa shape index (κ3) is 2.23. The van der Waals surface area contributed by atoms with Crippen molar-refractivity contribution in [2.45, 2.75) is 44.1 Å². The molecule has 4 heteroatoms. The van der Waals surface area contributed by atoms with Crippen molar-refractivity contribution in [1.82, 2.24) is 4.72 Å². The molecule has 2 fully saturated rings. The zero-order valence-corrected chi connectivity index (χ0v) is 9.11. The van der Waals surface area contributed by atoms with Crippen LogP contribution in [-0.4, -0.2) is 22.4 Å². The lowest BCUT2D eigenvalue weighted by molar-refractivity contribution is -0.133. The zero-order valence-electron chi connectivity index (χ0n) is 8.29. The van der Waals surface area contributed by atoms with Crippen molar-refractivity contribution < 1.29 is 9.90 Å². The predicted molar refractivity (Wildman–Crippen MR) is 57.2 cm³/mol. The average Bonchev–Trinajstić information content (AvgIpc) is 2.42. The normalized spacial score (nSPS) is 35.9. The van der Waals surface area contributed by atoms with Crippen LogP contribution in [0, 0.1) is 5.92 Å². The molecule has 0 amide bonds. The third-order valence-electron chi connectivity index (χ3n) is 3.46. The molecule has 0 heterocycles. The molecule has 2 saturated carbocycles.